The van der Waals surface area contributed by atoms with E-state index in [4.69, 9.17) is 21.6 Å². The highest BCUT2D eigenvalue weighted by atomic mass is 35.5. The molecule has 2 aliphatic heterocycles. The number of anilines is 1. The van der Waals surface area contributed by atoms with E-state index in [0.29, 0.717) is 29.6 Å². The lowest BCUT2D eigenvalue weighted by molar-refractivity contribution is -0.135. The van der Waals surface area contributed by atoms with Gasteiger partial charge < -0.3 is 19.4 Å². The molecular formula is C31H38ClN5O3. The van der Waals surface area contributed by atoms with Crippen LogP contribution in [0.15, 0.2) is 42.6 Å². The molecule has 0 N–H and O–H groups in total. The highest BCUT2D eigenvalue weighted by Gasteiger charge is 2.42. The molecular weight excluding hydrogens is 526 g/mol. The van der Waals surface area contributed by atoms with Crippen molar-refractivity contribution in [3.8, 4) is 6.07 Å². The van der Waals surface area contributed by atoms with Crippen molar-refractivity contribution in [2.75, 3.05) is 38.1 Å². The van der Waals surface area contributed by atoms with Crippen LogP contribution in [0.2, 0.25) is 5.02 Å². The van der Waals surface area contributed by atoms with Crippen LogP contribution in [0.5, 0.6) is 0 Å². The minimum absolute atomic E-state index is 0.0203. The molecule has 2 amide bonds. The lowest BCUT2D eigenvalue weighted by Crippen LogP contribution is -2.45. The smallest absolute Gasteiger partial charge is 0.410 e. The molecule has 2 saturated heterocycles. The fourth-order valence-electron chi connectivity index (χ4n) is 6.36. The van der Waals surface area contributed by atoms with Gasteiger partial charge in [-0.05, 0) is 74.3 Å². The van der Waals surface area contributed by atoms with E-state index in [9.17, 15) is 9.59 Å². The third-order valence-electron chi connectivity index (χ3n) is 8.96. The van der Waals surface area contributed by atoms with Crippen molar-refractivity contribution in [2.24, 2.45) is 11.8 Å². The summed E-state index contributed by atoms with van der Waals surface area (Å²) in [5.41, 5.74) is 1.60. The van der Waals surface area contributed by atoms with Gasteiger partial charge in [0, 0.05) is 56.3 Å². The number of nitriles is 1. The number of nitrogens with zero attached hydrogens (tertiary/aromatic N) is 5. The molecule has 0 spiro atoms. The Morgan fingerprint density at radius 1 is 1.02 bits per heavy atom. The lowest BCUT2D eigenvalue weighted by Gasteiger charge is -2.34. The van der Waals surface area contributed by atoms with Gasteiger partial charge in [0.05, 0.1) is 11.6 Å². The topological polar surface area (TPSA) is 89.8 Å². The highest BCUT2D eigenvalue weighted by molar-refractivity contribution is 6.30. The van der Waals surface area contributed by atoms with E-state index < -0.39 is 0 Å². The van der Waals surface area contributed by atoms with Gasteiger partial charge in [-0.2, -0.15) is 5.26 Å². The summed E-state index contributed by atoms with van der Waals surface area (Å²) in [6.45, 7) is 4.76. The van der Waals surface area contributed by atoms with Gasteiger partial charge >= 0.3 is 6.09 Å². The molecule has 40 heavy (non-hydrogen) atoms. The Morgan fingerprint density at radius 3 is 2.35 bits per heavy atom. The summed E-state index contributed by atoms with van der Waals surface area (Å²) in [6, 6.07) is 13.3. The number of likely N-dealkylation sites (tertiary alicyclic amines) is 1. The Balaban J connectivity index is 1.24. The zero-order chi connectivity index (χ0) is 28.2. The first-order valence-electron chi connectivity index (χ1n) is 14.4. The normalized spacial score (nSPS) is 25.4. The van der Waals surface area contributed by atoms with E-state index in [2.05, 4.69) is 22.9 Å². The number of ether oxygens (including phenoxy) is 1. The molecule has 0 radical (unpaired) electrons. The Labute approximate surface area is 241 Å². The van der Waals surface area contributed by atoms with Crippen molar-refractivity contribution < 1.29 is 14.3 Å². The minimum Gasteiger partial charge on any atom is -0.446 e. The molecule has 9 heteroatoms. The lowest BCUT2D eigenvalue weighted by atomic mass is 9.89. The van der Waals surface area contributed by atoms with Gasteiger partial charge in [-0.3, -0.25) is 4.79 Å². The summed E-state index contributed by atoms with van der Waals surface area (Å²) in [5, 5.41) is 9.69. The number of halogens is 1. The number of hydrogen-bond donors (Lipinski definition) is 0. The van der Waals surface area contributed by atoms with E-state index in [0.717, 1.165) is 63.0 Å². The standard InChI is InChI=1S/C31H38ClN5O3/c1-21-3-10-26(11-4-21)40-31(39)35(2)28-20-37(19-27(28)23-6-8-25(32)9-7-23)30(38)24-13-15-36(16-14-24)29-12-5-22(17-33)18-34-29/h5-9,12,18,21,24,26-28H,3-4,10-11,13-16,19-20H2,1-2H3/t21?,26?,27?,28-/m1/s1. The second-order valence-electron chi connectivity index (χ2n) is 11.6. The molecule has 1 unspecified atom stereocenters. The van der Waals surface area contributed by atoms with Crippen LogP contribution in [0.4, 0.5) is 10.6 Å². The highest BCUT2D eigenvalue weighted by Crippen LogP contribution is 2.35. The predicted molar refractivity (Wildman–Crippen MR) is 154 cm³/mol. The molecule has 1 saturated carbocycles. The number of piperidine rings is 1. The fraction of sp³-hybridized carbons (Fsp3) is 0.548. The van der Waals surface area contributed by atoms with E-state index in [1.165, 1.54) is 0 Å². The minimum atomic E-state index is -0.305. The van der Waals surface area contributed by atoms with Crippen LogP contribution in [0.25, 0.3) is 0 Å². The maximum Gasteiger partial charge on any atom is 0.410 e. The second-order valence-corrected chi connectivity index (χ2v) is 12.1. The quantitative estimate of drug-likeness (QED) is 0.479. The Bertz CT molecular complexity index is 1220. The summed E-state index contributed by atoms with van der Waals surface area (Å²) in [4.78, 5) is 37.2. The van der Waals surface area contributed by atoms with Crippen LogP contribution < -0.4 is 4.90 Å². The van der Waals surface area contributed by atoms with Gasteiger partial charge in [0.1, 0.15) is 18.0 Å². The maximum absolute atomic E-state index is 13.7. The van der Waals surface area contributed by atoms with Gasteiger partial charge in [0.25, 0.3) is 0 Å². The largest absolute Gasteiger partial charge is 0.446 e. The zero-order valence-electron chi connectivity index (χ0n) is 23.3. The van der Waals surface area contributed by atoms with Crippen molar-refractivity contribution in [3.63, 3.8) is 0 Å². The van der Waals surface area contributed by atoms with Crippen molar-refractivity contribution >= 4 is 29.4 Å². The van der Waals surface area contributed by atoms with Crippen LogP contribution >= 0.6 is 11.6 Å². The molecule has 1 aromatic heterocycles. The van der Waals surface area contributed by atoms with Crippen LogP contribution in [0, 0.1) is 23.2 Å². The number of hydrogen-bond acceptors (Lipinski definition) is 6. The van der Waals surface area contributed by atoms with Gasteiger partial charge in [0.15, 0.2) is 0 Å². The number of likely N-dealkylation sites (N-methyl/N-ethyl adjacent to an activating group) is 1. The van der Waals surface area contributed by atoms with Crippen LogP contribution in [0.1, 0.15) is 62.5 Å². The molecule has 1 aliphatic carbocycles. The van der Waals surface area contributed by atoms with Gasteiger partial charge in [0.2, 0.25) is 5.91 Å². The molecule has 3 aliphatic rings. The van der Waals surface area contributed by atoms with Gasteiger partial charge in [-0.1, -0.05) is 30.7 Å². The van der Waals surface area contributed by atoms with Crippen molar-refractivity contribution in [3.05, 3.63) is 58.7 Å². The van der Waals surface area contributed by atoms with Gasteiger partial charge in [-0.25, -0.2) is 9.78 Å². The van der Waals surface area contributed by atoms with Crippen molar-refractivity contribution in [2.45, 2.75) is 63.5 Å². The molecule has 212 valence electrons. The molecule has 8 nitrogen and oxygen atoms in total. The number of rotatable bonds is 5. The summed E-state index contributed by atoms with van der Waals surface area (Å²) >= 11 is 6.17. The van der Waals surface area contributed by atoms with Crippen LogP contribution in [-0.4, -0.2) is 72.2 Å². The number of benzene rings is 1. The number of carbonyl (C=O) groups is 2. The average Bonchev–Trinajstić information content (AvgIpc) is 3.43. The summed E-state index contributed by atoms with van der Waals surface area (Å²) in [7, 11) is 1.80. The summed E-state index contributed by atoms with van der Waals surface area (Å²) < 4.78 is 5.93. The average molecular weight is 564 g/mol. The van der Waals surface area contributed by atoms with Gasteiger partial charge in [-0.15, -0.1) is 0 Å². The third kappa shape index (κ3) is 6.36. The first kappa shape index (κ1) is 28.2. The Morgan fingerprint density at radius 2 is 1.73 bits per heavy atom. The van der Waals surface area contributed by atoms with Crippen molar-refractivity contribution in [1.29, 1.82) is 5.26 Å². The van der Waals surface area contributed by atoms with E-state index in [-0.39, 0.29) is 36.0 Å². The Kier molecular flexibility index (Phi) is 8.80. The monoisotopic (exact) mass is 563 g/mol. The SMILES string of the molecule is CC1CCC(OC(=O)N(C)[C@@H]2CN(C(=O)C3CCN(c4ccc(C#N)cn4)CC3)CC2c2ccc(Cl)cc2)CC1. The molecule has 3 heterocycles. The molecule has 1 aromatic carbocycles. The zero-order valence-corrected chi connectivity index (χ0v) is 24.1. The summed E-state index contributed by atoms with van der Waals surface area (Å²) in [6.07, 6.45) is 6.72. The number of pyridine rings is 1. The van der Waals surface area contributed by atoms with Crippen molar-refractivity contribution in [1.82, 2.24) is 14.8 Å². The third-order valence-corrected chi connectivity index (χ3v) is 9.21. The van der Waals surface area contributed by atoms with E-state index >= 15 is 0 Å². The maximum atomic E-state index is 13.7. The molecule has 0 bridgehead atoms. The number of aromatic nitrogens is 1. The number of carbonyl (C=O) groups excluding carboxylic acids is 2. The molecule has 3 fully saturated rings. The van der Waals surface area contributed by atoms with Crippen LogP contribution in [0.3, 0.4) is 0 Å². The Hall–Kier alpha value is -3.31. The number of amides is 2. The fourth-order valence-corrected chi connectivity index (χ4v) is 6.48. The van der Waals surface area contributed by atoms with Crippen LogP contribution in [-0.2, 0) is 9.53 Å². The first-order valence-corrected chi connectivity index (χ1v) is 14.8. The molecule has 2 atom stereocenters. The van der Waals surface area contributed by atoms with E-state index in [1.807, 2.05) is 35.2 Å². The summed E-state index contributed by atoms with van der Waals surface area (Å²) in [5.74, 6) is 1.58. The van der Waals surface area contributed by atoms with E-state index in [1.54, 1.807) is 24.2 Å². The molecule has 5 rings (SSSR count). The first-order chi connectivity index (χ1) is 19.3. The molecule has 2 aromatic rings. The second kappa shape index (κ2) is 12.5. The predicted octanol–water partition coefficient (Wildman–Crippen LogP) is 5.46.